The molecule has 1 atom stereocenters. The van der Waals surface area contributed by atoms with Crippen LogP contribution in [0.1, 0.15) is 11.6 Å². The van der Waals surface area contributed by atoms with E-state index in [4.69, 9.17) is 9.47 Å². The third kappa shape index (κ3) is 4.97. The van der Waals surface area contributed by atoms with Crippen LogP contribution >= 0.6 is 15.9 Å². The van der Waals surface area contributed by atoms with Crippen LogP contribution in [0.3, 0.4) is 0 Å². The van der Waals surface area contributed by atoms with E-state index in [1.165, 1.54) is 13.2 Å². The SMILES string of the molecule is COc1cccc(C(CNS(=O)(=O)c2cc(Br)ccc2OC)N(C)C)c1. The molecule has 0 bridgehead atoms. The number of halogens is 1. The van der Waals surface area contributed by atoms with Gasteiger partial charge in [-0.15, -0.1) is 0 Å². The first-order chi connectivity index (χ1) is 12.3. The van der Waals surface area contributed by atoms with Gasteiger partial charge in [-0.3, -0.25) is 0 Å². The number of sulfonamides is 1. The lowest BCUT2D eigenvalue weighted by Crippen LogP contribution is -2.34. The first-order valence-corrected chi connectivity index (χ1v) is 10.2. The molecule has 1 N–H and O–H groups in total. The summed E-state index contributed by atoms with van der Waals surface area (Å²) in [5.41, 5.74) is 0.957. The predicted octanol–water partition coefficient (Wildman–Crippen LogP) is 3.05. The van der Waals surface area contributed by atoms with Crippen molar-refractivity contribution < 1.29 is 17.9 Å². The molecule has 142 valence electrons. The van der Waals surface area contributed by atoms with Crippen LogP contribution < -0.4 is 14.2 Å². The van der Waals surface area contributed by atoms with Crippen molar-refractivity contribution in [2.45, 2.75) is 10.9 Å². The van der Waals surface area contributed by atoms with Gasteiger partial charge in [0.25, 0.3) is 0 Å². The maximum Gasteiger partial charge on any atom is 0.244 e. The van der Waals surface area contributed by atoms with Gasteiger partial charge in [-0.05, 0) is 50.0 Å². The molecule has 0 aromatic heterocycles. The number of ether oxygens (including phenoxy) is 2. The molecular formula is C18H23BrN2O4S. The van der Waals surface area contributed by atoms with E-state index >= 15 is 0 Å². The third-order valence-corrected chi connectivity index (χ3v) is 5.92. The van der Waals surface area contributed by atoms with Crippen LogP contribution in [0.5, 0.6) is 11.5 Å². The van der Waals surface area contributed by atoms with Gasteiger partial charge >= 0.3 is 0 Å². The van der Waals surface area contributed by atoms with E-state index in [1.807, 2.05) is 43.3 Å². The molecule has 0 radical (unpaired) electrons. The molecule has 26 heavy (non-hydrogen) atoms. The minimum Gasteiger partial charge on any atom is -0.497 e. The summed E-state index contributed by atoms with van der Waals surface area (Å²) in [6, 6.07) is 12.3. The topological polar surface area (TPSA) is 67.9 Å². The highest BCUT2D eigenvalue weighted by Gasteiger charge is 2.23. The van der Waals surface area contributed by atoms with Crippen molar-refractivity contribution in [3.8, 4) is 11.5 Å². The standard InChI is InChI=1S/C18H23BrN2O4S/c1-21(2)16(13-6-5-7-15(10-13)24-3)12-20-26(22,23)18-11-14(19)8-9-17(18)25-4/h5-11,16,20H,12H2,1-4H3. The summed E-state index contributed by atoms with van der Waals surface area (Å²) in [6.45, 7) is 0.207. The number of nitrogens with one attached hydrogen (secondary N) is 1. The van der Waals surface area contributed by atoms with Gasteiger partial charge in [0.15, 0.2) is 0 Å². The lowest BCUT2D eigenvalue weighted by molar-refractivity contribution is 0.298. The molecule has 2 rings (SSSR count). The monoisotopic (exact) mass is 442 g/mol. The summed E-state index contributed by atoms with van der Waals surface area (Å²) < 4.78 is 39.4. The van der Waals surface area contributed by atoms with Crippen molar-refractivity contribution in [2.24, 2.45) is 0 Å². The van der Waals surface area contributed by atoms with E-state index in [2.05, 4.69) is 20.7 Å². The van der Waals surface area contributed by atoms with E-state index in [0.717, 1.165) is 11.3 Å². The largest absolute Gasteiger partial charge is 0.497 e. The van der Waals surface area contributed by atoms with Crippen LogP contribution in [0, 0.1) is 0 Å². The Kier molecular flexibility index (Phi) is 7.05. The fourth-order valence-corrected chi connectivity index (χ4v) is 4.32. The molecule has 1 unspecified atom stereocenters. The summed E-state index contributed by atoms with van der Waals surface area (Å²) in [5.74, 6) is 1.02. The summed E-state index contributed by atoms with van der Waals surface area (Å²) in [4.78, 5) is 2.05. The Morgan fingerprint density at radius 2 is 1.85 bits per heavy atom. The van der Waals surface area contributed by atoms with E-state index < -0.39 is 10.0 Å². The summed E-state index contributed by atoms with van der Waals surface area (Å²) in [6.07, 6.45) is 0. The Morgan fingerprint density at radius 3 is 2.46 bits per heavy atom. The maximum absolute atomic E-state index is 12.8. The van der Waals surface area contributed by atoms with Crippen molar-refractivity contribution in [1.29, 1.82) is 0 Å². The van der Waals surface area contributed by atoms with Crippen molar-refractivity contribution in [3.63, 3.8) is 0 Å². The number of nitrogens with zero attached hydrogens (tertiary/aromatic N) is 1. The lowest BCUT2D eigenvalue weighted by Gasteiger charge is -2.25. The number of methoxy groups -OCH3 is 2. The molecule has 6 nitrogen and oxygen atoms in total. The maximum atomic E-state index is 12.8. The van der Waals surface area contributed by atoms with E-state index in [0.29, 0.717) is 10.2 Å². The smallest absolute Gasteiger partial charge is 0.244 e. The summed E-state index contributed by atoms with van der Waals surface area (Å²) >= 11 is 3.30. The number of hydrogen-bond donors (Lipinski definition) is 1. The second kappa shape index (κ2) is 8.85. The zero-order valence-corrected chi connectivity index (χ0v) is 17.6. The average molecular weight is 443 g/mol. The highest BCUT2D eigenvalue weighted by Crippen LogP contribution is 2.28. The molecule has 0 saturated heterocycles. The Hall–Kier alpha value is -1.61. The van der Waals surface area contributed by atoms with Crippen LogP contribution in [0.4, 0.5) is 0 Å². The van der Waals surface area contributed by atoms with Crippen LogP contribution in [-0.4, -0.2) is 48.2 Å². The minimum absolute atomic E-state index is 0.0949. The zero-order chi connectivity index (χ0) is 19.3. The van der Waals surface area contributed by atoms with Crippen molar-refractivity contribution >= 4 is 26.0 Å². The van der Waals surface area contributed by atoms with Crippen molar-refractivity contribution in [3.05, 3.63) is 52.5 Å². The van der Waals surface area contributed by atoms with E-state index in [9.17, 15) is 8.42 Å². The molecule has 0 aliphatic heterocycles. The quantitative estimate of drug-likeness (QED) is 0.680. The van der Waals surface area contributed by atoms with Crippen LogP contribution in [0.2, 0.25) is 0 Å². The molecule has 8 heteroatoms. The van der Waals surface area contributed by atoms with E-state index in [-0.39, 0.29) is 17.5 Å². The predicted molar refractivity (Wildman–Crippen MR) is 105 cm³/mol. The van der Waals surface area contributed by atoms with Crippen molar-refractivity contribution in [2.75, 3.05) is 34.9 Å². The van der Waals surface area contributed by atoms with Crippen LogP contribution in [0.25, 0.3) is 0 Å². The van der Waals surface area contributed by atoms with Gasteiger partial charge in [0.1, 0.15) is 16.4 Å². The Morgan fingerprint density at radius 1 is 1.12 bits per heavy atom. The fourth-order valence-electron chi connectivity index (χ4n) is 2.57. The second-order valence-corrected chi connectivity index (χ2v) is 8.55. The van der Waals surface area contributed by atoms with Gasteiger partial charge in [0.2, 0.25) is 10.0 Å². The van der Waals surface area contributed by atoms with Gasteiger partial charge in [0, 0.05) is 17.1 Å². The molecule has 0 spiro atoms. The molecule has 0 aliphatic rings. The Balaban J connectivity index is 2.27. The second-order valence-electron chi connectivity index (χ2n) is 5.90. The molecular weight excluding hydrogens is 420 g/mol. The molecule has 0 aliphatic carbocycles. The lowest BCUT2D eigenvalue weighted by atomic mass is 10.1. The Labute approximate surface area is 163 Å². The molecule has 0 amide bonds. The van der Waals surface area contributed by atoms with Crippen molar-refractivity contribution in [1.82, 2.24) is 9.62 Å². The minimum atomic E-state index is -3.74. The van der Waals surface area contributed by atoms with Gasteiger partial charge < -0.3 is 14.4 Å². The Bertz CT molecular complexity index is 856. The summed E-state index contributed by atoms with van der Waals surface area (Å²) in [7, 11) is 3.11. The third-order valence-electron chi connectivity index (χ3n) is 3.98. The average Bonchev–Trinajstić information content (AvgIpc) is 2.61. The highest BCUT2D eigenvalue weighted by atomic mass is 79.9. The van der Waals surface area contributed by atoms with Gasteiger partial charge in [-0.25, -0.2) is 13.1 Å². The highest BCUT2D eigenvalue weighted by molar-refractivity contribution is 9.10. The molecule has 0 heterocycles. The number of likely N-dealkylation sites (N-methyl/N-ethyl adjacent to an activating group) is 1. The van der Waals surface area contributed by atoms with Crippen LogP contribution in [0.15, 0.2) is 51.8 Å². The molecule has 0 saturated carbocycles. The fraction of sp³-hybridized carbons (Fsp3) is 0.333. The number of hydrogen-bond acceptors (Lipinski definition) is 5. The van der Waals surface area contributed by atoms with E-state index in [1.54, 1.807) is 19.2 Å². The summed E-state index contributed by atoms with van der Waals surface area (Å²) in [5, 5.41) is 0. The first kappa shape index (κ1) is 20.7. The normalized spacial score (nSPS) is 12.8. The first-order valence-electron chi connectivity index (χ1n) is 7.92. The van der Waals surface area contributed by atoms with Gasteiger partial charge in [-0.1, -0.05) is 28.1 Å². The zero-order valence-electron chi connectivity index (χ0n) is 15.2. The number of rotatable bonds is 8. The number of benzene rings is 2. The van der Waals surface area contributed by atoms with Crippen LogP contribution in [-0.2, 0) is 10.0 Å². The molecule has 2 aromatic carbocycles. The van der Waals surface area contributed by atoms with Gasteiger partial charge in [0.05, 0.1) is 14.2 Å². The van der Waals surface area contributed by atoms with Gasteiger partial charge in [-0.2, -0.15) is 0 Å². The molecule has 2 aromatic rings. The molecule has 0 fully saturated rings.